The normalized spacial score (nSPS) is 15.1. The molecule has 0 saturated carbocycles. The molecule has 3 heterocycles. The standard InChI is InChI=1S/C16H18N6O/c1-11-14-15(21-20-11)16(18-10-17-14)19-12-2-4-13(5-3-12)22-6-8-23-9-7-22/h2-5,10H,6-9H2,1H3,(H,20,21)(H,17,18,19). The summed E-state index contributed by atoms with van der Waals surface area (Å²) in [6.07, 6.45) is 1.55. The van der Waals surface area contributed by atoms with E-state index in [4.69, 9.17) is 4.74 Å². The van der Waals surface area contributed by atoms with Crippen molar-refractivity contribution in [1.29, 1.82) is 0 Å². The van der Waals surface area contributed by atoms with Gasteiger partial charge in [0.15, 0.2) is 11.3 Å². The van der Waals surface area contributed by atoms with Crippen molar-refractivity contribution in [3.63, 3.8) is 0 Å². The molecule has 118 valence electrons. The molecule has 7 nitrogen and oxygen atoms in total. The van der Waals surface area contributed by atoms with Crippen molar-refractivity contribution < 1.29 is 4.74 Å². The predicted octanol–water partition coefficient (Wildman–Crippen LogP) is 2.24. The monoisotopic (exact) mass is 310 g/mol. The summed E-state index contributed by atoms with van der Waals surface area (Å²) in [6.45, 7) is 5.40. The number of ether oxygens (including phenoxy) is 1. The minimum absolute atomic E-state index is 0.707. The molecule has 1 fully saturated rings. The second kappa shape index (κ2) is 5.85. The van der Waals surface area contributed by atoms with Crippen molar-refractivity contribution in [3.05, 3.63) is 36.3 Å². The summed E-state index contributed by atoms with van der Waals surface area (Å²) < 4.78 is 5.39. The Morgan fingerprint density at radius 1 is 1.09 bits per heavy atom. The fourth-order valence-electron chi connectivity index (χ4n) is 2.76. The van der Waals surface area contributed by atoms with Crippen LogP contribution in [0.3, 0.4) is 0 Å². The van der Waals surface area contributed by atoms with E-state index in [9.17, 15) is 0 Å². The Morgan fingerprint density at radius 3 is 2.65 bits per heavy atom. The number of morpholine rings is 1. The molecule has 4 rings (SSSR count). The van der Waals surface area contributed by atoms with Crippen LogP contribution in [-0.2, 0) is 4.74 Å². The summed E-state index contributed by atoms with van der Waals surface area (Å²) in [4.78, 5) is 10.9. The fourth-order valence-corrected chi connectivity index (χ4v) is 2.76. The van der Waals surface area contributed by atoms with Gasteiger partial charge in [-0.05, 0) is 31.2 Å². The van der Waals surface area contributed by atoms with Gasteiger partial charge < -0.3 is 15.0 Å². The Morgan fingerprint density at radius 2 is 1.87 bits per heavy atom. The van der Waals surface area contributed by atoms with E-state index in [1.807, 2.05) is 6.92 Å². The maximum absolute atomic E-state index is 5.39. The largest absolute Gasteiger partial charge is 0.378 e. The smallest absolute Gasteiger partial charge is 0.162 e. The predicted molar refractivity (Wildman–Crippen MR) is 89.2 cm³/mol. The second-order valence-corrected chi connectivity index (χ2v) is 5.54. The minimum Gasteiger partial charge on any atom is -0.378 e. The lowest BCUT2D eigenvalue weighted by atomic mass is 10.2. The molecule has 1 aliphatic heterocycles. The number of aromatic amines is 1. The van der Waals surface area contributed by atoms with Crippen LogP contribution in [0.5, 0.6) is 0 Å². The van der Waals surface area contributed by atoms with Crippen LogP contribution in [-0.4, -0.2) is 46.5 Å². The van der Waals surface area contributed by atoms with E-state index in [1.165, 1.54) is 5.69 Å². The van der Waals surface area contributed by atoms with Crippen LogP contribution in [0.1, 0.15) is 5.69 Å². The van der Waals surface area contributed by atoms with Crippen molar-refractivity contribution in [2.24, 2.45) is 0 Å². The Kier molecular flexibility index (Phi) is 3.55. The van der Waals surface area contributed by atoms with Gasteiger partial charge in [-0.25, -0.2) is 9.97 Å². The number of aryl methyl sites for hydroxylation is 1. The van der Waals surface area contributed by atoms with Crippen LogP contribution in [0.2, 0.25) is 0 Å². The number of aromatic nitrogens is 4. The summed E-state index contributed by atoms with van der Waals surface area (Å²) in [5, 5.41) is 10.5. The van der Waals surface area contributed by atoms with E-state index in [0.717, 1.165) is 48.7 Å². The number of benzene rings is 1. The van der Waals surface area contributed by atoms with E-state index in [-0.39, 0.29) is 0 Å². The van der Waals surface area contributed by atoms with Gasteiger partial charge in [0.2, 0.25) is 0 Å². The van der Waals surface area contributed by atoms with Gasteiger partial charge in [-0.1, -0.05) is 0 Å². The molecule has 7 heteroatoms. The van der Waals surface area contributed by atoms with Gasteiger partial charge in [-0.2, -0.15) is 5.10 Å². The zero-order chi connectivity index (χ0) is 15.6. The average Bonchev–Trinajstić information content (AvgIpc) is 2.99. The maximum atomic E-state index is 5.39. The van der Waals surface area contributed by atoms with Gasteiger partial charge in [-0.15, -0.1) is 0 Å². The number of anilines is 3. The molecule has 0 aliphatic carbocycles. The maximum Gasteiger partial charge on any atom is 0.162 e. The molecule has 0 bridgehead atoms. The molecule has 0 spiro atoms. The highest BCUT2D eigenvalue weighted by Gasteiger charge is 2.12. The summed E-state index contributed by atoms with van der Waals surface area (Å²) in [5.41, 5.74) is 4.72. The summed E-state index contributed by atoms with van der Waals surface area (Å²) >= 11 is 0. The molecule has 0 atom stereocenters. The van der Waals surface area contributed by atoms with Gasteiger partial charge in [0.25, 0.3) is 0 Å². The zero-order valence-corrected chi connectivity index (χ0v) is 12.9. The lowest BCUT2D eigenvalue weighted by Gasteiger charge is -2.28. The third-order valence-corrected chi connectivity index (χ3v) is 4.02. The number of H-pyrrole nitrogens is 1. The first kappa shape index (κ1) is 14.0. The Labute approximate surface area is 133 Å². The molecule has 0 amide bonds. The van der Waals surface area contributed by atoms with Gasteiger partial charge in [0.05, 0.1) is 18.9 Å². The minimum atomic E-state index is 0.707. The van der Waals surface area contributed by atoms with Crippen LogP contribution in [0.15, 0.2) is 30.6 Å². The number of hydrogen-bond donors (Lipinski definition) is 2. The van der Waals surface area contributed by atoms with E-state index >= 15 is 0 Å². The van der Waals surface area contributed by atoms with Crippen LogP contribution in [0.4, 0.5) is 17.2 Å². The van der Waals surface area contributed by atoms with Gasteiger partial charge in [-0.3, -0.25) is 5.10 Å². The third-order valence-electron chi connectivity index (χ3n) is 4.02. The first-order valence-electron chi connectivity index (χ1n) is 7.67. The van der Waals surface area contributed by atoms with E-state index < -0.39 is 0 Å². The molecular formula is C16H18N6O. The molecule has 0 radical (unpaired) electrons. The lowest BCUT2D eigenvalue weighted by molar-refractivity contribution is 0.122. The Hall–Kier alpha value is -2.67. The highest BCUT2D eigenvalue weighted by Crippen LogP contribution is 2.24. The van der Waals surface area contributed by atoms with Crippen molar-refractivity contribution >= 4 is 28.2 Å². The van der Waals surface area contributed by atoms with Crippen molar-refractivity contribution in [2.45, 2.75) is 6.92 Å². The average molecular weight is 310 g/mol. The van der Waals surface area contributed by atoms with Crippen LogP contribution in [0, 0.1) is 6.92 Å². The summed E-state index contributed by atoms with van der Waals surface area (Å²) in [7, 11) is 0. The van der Waals surface area contributed by atoms with Gasteiger partial charge in [0, 0.05) is 24.5 Å². The van der Waals surface area contributed by atoms with Crippen molar-refractivity contribution in [1.82, 2.24) is 20.2 Å². The molecule has 23 heavy (non-hydrogen) atoms. The number of nitrogens with one attached hydrogen (secondary N) is 2. The quantitative estimate of drug-likeness (QED) is 0.772. The third kappa shape index (κ3) is 2.70. The molecule has 2 N–H and O–H groups in total. The van der Waals surface area contributed by atoms with E-state index in [2.05, 4.69) is 54.6 Å². The first-order valence-corrected chi connectivity index (χ1v) is 7.67. The van der Waals surface area contributed by atoms with Gasteiger partial charge in [0.1, 0.15) is 11.8 Å². The Balaban J connectivity index is 1.56. The highest BCUT2D eigenvalue weighted by atomic mass is 16.5. The molecule has 1 aliphatic rings. The molecular weight excluding hydrogens is 292 g/mol. The van der Waals surface area contributed by atoms with Gasteiger partial charge >= 0.3 is 0 Å². The number of rotatable bonds is 3. The van der Waals surface area contributed by atoms with Crippen LogP contribution >= 0.6 is 0 Å². The summed E-state index contributed by atoms with van der Waals surface area (Å²) in [5.74, 6) is 0.707. The number of fused-ring (bicyclic) bond motifs is 1. The molecule has 1 aromatic carbocycles. The molecule has 0 unspecified atom stereocenters. The number of hydrogen-bond acceptors (Lipinski definition) is 6. The molecule has 3 aromatic rings. The second-order valence-electron chi connectivity index (χ2n) is 5.54. The van der Waals surface area contributed by atoms with Crippen molar-refractivity contribution in [2.75, 3.05) is 36.5 Å². The number of nitrogens with zero attached hydrogens (tertiary/aromatic N) is 4. The topological polar surface area (TPSA) is 79.0 Å². The SMILES string of the molecule is Cc1[nH]nc2c(Nc3ccc(N4CCOCC4)cc3)ncnc12. The van der Waals surface area contributed by atoms with E-state index in [1.54, 1.807) is 6.33 Å². The lowest BCUT2D eigenvalue weighted by Crippen LogP contribution is -2.36. The van der Waals surface area contributed by atoms with Crippen LogP contribution in [0.25, 0.3) is 11.0 Å². The van der Waals surface area contributed by atoms with E-state index in [0.29, 0.717) is 5.82 Å². The zero-order valence-electron chi connectivity index (χ0n) is 12.9. The Bertz CT molecular complexity index is 807. The van der Waals surface area contributed by atoms with Crippen LogP contribution < -0.4 is 10.2 Å². The van der Waals surface area contributed by atoms with Crippen molar-refractivity contribution in [3.8, 4) is 0 Å². The molecule has 2 aromatic heterocycles. The first-order chi connectivity index (χ1) is 11.3. The molecule has 1 saturated heterocycles. The highest BCUT2D eigenvalue weighted by molar-refractivity contribution is 5.88. The summed E-state index contributed by atoms with van der Waals surface area (Å²) in [6, 6.07) is 8.33. The fraction of sp³-hybridized carbons (Fsp3) is 0.312.